The fourth-order valence-electron chi connectivity index (χ4n) is 3.04. The van der Waals surface area contributed by atoms with Crippen LogP contribution >= 0.6 is 24.0 Å². The molecular formula is C19H32IN3O3. The van der Waals surface area contributed by atoms with E-state index in [-0.39, 0.29) is 29.7 Å². The van der Waals surface area contributed by atoms with E-state index in [9.17, 15) is 5.11 Å². The van der Waals surface area contributed by atoms with Gasteiger partial charge >= 0.3 is 0 Å². The molecule has 1 saturated heterocycles. The van der Waals surface area contributed by atoms with E-state index < -0.39 is 0 Å². The number of aliphatic imine (C=N–C) groups is 1. The van der Waals surface area contributed by atoms with Gasteiger partial charge in [-0.1, -0.05) is 6.07 Å². The molecule has 2 rings (SSSR count). The van der Waals surface area contributed by atoms with E-state index in [1.807, 2.05) is 19.1 Å². The summed E-state index contributed by atoms with van der Waals surface area (Å²) in [6, 6.07) is 5.45. The van der Waals surface area contributed by atoms with Crippen molar-refractivity contribution in [3.8, 4) is 11.5 Å². The molecule has 1 unspecified atom stereocenters. The number of nitrogens with one attached hydrogen (secondary N) is 1. The molecule has 1 aromatic rings. The summed E-state index contributed by atoms with van der Waals surface area (Å²) >= 11 is 0. The zero-order valence-electron chi connectivity index (χ0n) is 16.0. The Hall–Kier alpha value is -1.22. The van der Waals surface area contributed by atoms with Crippen LogP contribution in [-0.2, 0) is 11.2 Å². The third-order valence-electron chi connectivity index (χ3n) is 4.38. The topological polar surface area (TPSA) is 66.3 Å². The number of phenols is 1. The van der Waals surface area contributed by atoms with E-state index in [2.05, 4.69) is 17.1 Å². The number of methoxy groups -OCH3 is 1. The molecule has 0 amide bonds. The van der Waals surface area contributed by atoms with Gasteiger partial charge < -0.3 is 24.8 Å². The summed E-state index contributed by atoms with van der Waals surface area (Å²) < 4.78 is 10.7. The quantitative estimate of drug-likeness (QED) is 0.343. The number of phenolic OH excluding ortho intramolecular Hbond substituents is 1. The first-order valence-electron chi connectivity index (χ1n) is 9.14. The molecule has 1 aromatic carbocycles. The summed E-state index contributed by atoms with van der Waals surface area (Å²) in [5, 5.41) is 13.1. The number of aromatic hydroxyl groups is 1. The van der Waals surface area contributed by atoms with Gasteiger partial charge in [-0.25, -0.2) is 0 Å². The number of nitrogens with zero attached hydrogens (tertiary/aromatic N) is 2. The maximum atomic E-state index is 9.67. The molecule has 0 bridgehead atoms. The van der Waals surface area contributed by atoms with Crippen LogP contribution in [0.4, 0.5) is 0 Å². The molecule has 1 aliphatic heterocycles. The molecule has 2 N–H and O–H groups in total. The van der Waals surface area contributed by atoms with Crippen LogP contribution in [0.1, 0.15) is 25.8 Å². The second-order valence-electron chi connectivity index (χ2n) is 6.25. The highest BCUT2D eigenvalue weighted by molar-refractivity contribution is 14.0. The minimum Gasteiger partial charge on any atom is -0.504 e. The van der Waals surface area contributed by atoms with Gasteiger partial charge in [0, 0.05) is 38.7 Å². The van der Waals surface area contributed by atoms with Crippen molar-refractivity contribution in [2.45, 2.75) is 26.7 Å². The Morgan fingerprint density at radius 2 is 2.19 bits per heavy atom. The zero-order chi connectivity index (χ0) is 18.1. The molecule has 0 aliphatic carbocycles. The summed E-state index contributed by atoms with van der Waals surface area (Å²) in [5.41, 5.74) is 1.10. The maximum Gasteiger partial charge on any atom is 0.193 e. The van der Waals surface area contributed by atoms with Crippen molar-refractivity contribution in [2.24, 2.45) is 10.9 Å². The number of hydrogen-bond donors (Lipinski definition) is 2. The van der Waals surface area contributed by atoms with Crippen molar-refractivity contribution < 1.29 is 14.6 Å². The van der Waals surface area contributed by atoms with Crippen LogP contribution in [0, 0.1) is 5.92 Å². The van der Waals surface area contributed by atoms with Crippen molar-refractivity contribution in [1.82, 2.24) is 10.2 Å². The van der Waals surface area contributed by atoms with Gasteiger partial charge in [0.05, 0.1) is 13.7 Å². The van der Waals surface area contributed by atoms with Crippen molar-refractivity contribution in [1.29, 1.82) is 0 Å². The molecule has 148 valence electrons. The highest BCUT2D eigenvalue weighted by Crippen LogP contribution is 2.26. The lowest BCUT2D eigenvalue weighted by molar-refractivity contribution is 0.114. The zero-order valence-corrected chi connectivity index (χ0v) is 18.4. The van der Waals surface area contributed by atoms with Gasteiger partial charge in [0.2, 0.25) is 0 Å². The predicted molar refractivity (Wildman–Crippen MR) is 116 cm³/mol. The minimum atomic E-state index is 0. The fourth-order valence-corrected chi connectivity index (χ4v) is 3.04. The van der Waals surface area contributed by atoms with Crippen LogP contribution in [0.5, 0.6) is 11.5 Å². The van der Waals surface area contributed by atoms with Gasteiger partial charge in [0.15, 0.2) is 17.5 Å². The second kappa shape index (κ2) is 12.2. The minimum absolute atomic E-state index is 0. The summed E-state index contributed by atoms with van der Waals surface area (Å²) in [7, 11) is 1.56. The Labute approximate surface area is 174 Å². The standard InChI is InChI=1S/C19H31N3O3.HI/c1-4-20-19(22-11-9-16(13-22)14-25-5-2)21-10-8-15-6-7-17(23)18(12-15)24-3;/h6-7,12,16,23H,4-5,8-11,13-14H2,1-3H3,(H,20,21);1H. The fraction of sp³-hybridized carbons (Fsp3) is 0.632. The van der Waals surface area contributed by atoms with E-state index in [4.69, 9.17) is 14.5 Å². The first-order chi connectivity index (χ1) is 12.2. The molecule has 26 heavy (non-hydrogen) atoms. The SMILES string of the molecule is CCNC(=NCCc1ccc(O)c(OC)c1)N1CCC(COCC)C1.I. The Bertz CT molecular complexity index is 569. The lowest BCUT2D eigenvalue weighted by Gasteiger charge is -2.21. The average Bonchev–Trinajstić information content (AvgIpc) is 3.09. The number of likely N-dealkylation sites (tertiary alicyclic amines) is 1. The number of halogens is 1. The summed E-state index contributed by atoms with van der Waals surface area (Å²) in [5.74, 6) is 2.24. The van der Waals surface area contributed by atoms with Gasteiger partial charge in [0.1, 0.15) is 0 Å². The number of benzene rings is 1. The van der Waals surface area contributed by atoms with Gasteiger partial charge in [-0.3, -0.25) is 4.99 Å². The van der Waals surface area contributed by atoms with Crippen LogP contribution < -0.4 is 10.1 Å². The van der Waals surface area contributed by atoms with Gasteiger partial charge in [-0.05, 0) is 44.4 Å². The molecule has 0 spiro atoms. The van der Waals surface area contributed by atoms with Crippen molar-refractivity contribution in [3.05, 3.63) is 23.8 Å². The molecule has 7 heteroatoms. The Balaban J connectivity index is 0.00000338. The highest BCUT2D eigenvalue weighted by atomic mass is 127. The van der Waals surface area contributed by atoms with Gasteiger partial charge in [-0.2, -0.15) is 0 Å². The van der Waals surface area contributed by atoms with Crippen LogP contribution in [0.2, 0.25) is 0 Å². The monoisotopic (exact) mass is 477 g/mol. The Morgan fingerprint density at radius 1 is 1.38 bits per heavy atom. The lowest BCUT2D eigenvalue weighted by atomic mass is 10.1. The summed E-state index contributed by atoms with van der Waals surface area (Å²) in [6.07, 6.45) is 1.96. The molecule has 1 heterocycles. The predicted octanol–water partition coefficient (Wildman–Crippen LogP) is 2.89. The van der Waals surface area contributed by atoms with E-state index >= 15 is 0 Å². The smallest absolute Gasteiger partial charge is 0.193 e. The van der Waals surface area contributed by atoms with E-state index in [0.29, 0.717) is 18.2 Å². The Morgan fingerprint density at radius 3 is 2.88 bits per heavy atom. The number of guanidine groups is 1. The third kappa shape index (κ3) is 6.83. The molecule has 0 radical (unpaired) electrons. The van der Waals surface area contributed by atoms with Crippen molar-refractivity contribution in [2.75, 3.05) is 46.5 Å². The van der Waals surface area contributed by atoms with E-state index in [1.165, 1.54) is 0 Å². The summed E-state index contributed by atoms with van der Waals surface area (Å²) in [6.45, 7) is 9.32. The van der Waals surface area contributed by atoms with Crippen molar-refractivity contribution >= 4 is 29.9 Å². The van der Waals surface area contributed by atoms with Crippen LogP contribution in [-0.4, -0.2) is 62.5 Å². The molecule has 6 nitrogen and oxygen atoms in total. The van der Waals surface area contributed by atoms with E-state index in [0.717, 1.165) is 57.2 Å². The summed E-state index contributed by atoms with van der Waals surface area (Å²) in [4.78, 5) is 7.09. The lowest BCUT2D eigenvalue weighted by Crippen LogP contribution is -2.40. The molecular weight excluding hydrogens is 445 g/mol. The van der Waals surface area contributed by atoms with Crippen LogP contribution in [0.3, 0.4) is 0 Å². The molecule has 0 aromatic heterocycles. The third-order valence-corrected chi connectivity index (χ3v) is 4.38. The normalized spacial score (nSPS) is 17.1. The molecule has 1 aliphatic rings. The van der Waals surface area contributed by atoms with Crippen LogP contribution in [0.25, 0.3) is 0 Å². The largest absolute Gasteiger partial charge is 0.504 e. The van der Waals surface area contributed by atoms with Crippen molar-refractivity contribution in [3.63, 3.8) is 0 Å². The van der Waals surface area contributed by atoms with Gasteiger partial charge in [0.25, 0.3) is 0 Å². The number of rotatable bonds is 8. The van der Waals surface area contributed by atoms with Crippen LogP contribution in [0.15, 0.2) is 23.2 Å². The maximum absolute atomic E-state index is 9.67. The molecule has 0 saturated carbocycles. The molecule has 1 atom stereocenters. The average molecular weight is 477 g/mol. The number of ether oxygens (including phenoxy) is 2. The first kappa shape index (κ1) is 22.8. The van der Waals surface area contributed by atoms with Gasteiger partial charge in [-0.15, -0.1) is 24.0 Å². The second-order valence-corrected chi connectivity index (χ2v) is 6.25. The Kier molecular flexibility index (Phi) is 10.7. The van der Waals surface area contributed by atoms with E-state index in [1.54, 1.807) is 13.2 Å². The number of hydrogen-bond acceptors (Lipinski definition) is 4. The molecule has 1 fully saturated rings. The first-order valence-corrected chi connectivity index (χ1v) is 9.14. The highest BCUT2D eigenvalue weighted by Gasteiger charge is 2.24.